The number of alkyl halides is 2. The number of carbonyl (C=O) groups is 1. The maximum Gasteiger partial charge on any atom is 0.252 e. The molecule has 5 heteroatoms. The van der Waals surface area contributed by atoms with Gasteiger partial charge in [-0.25, -0.2) is 8.78 Å². The molecule has 22 heavy (non-hydrogen) atoms. The first-order valence-electron chi connectivity index (χ1n) is 7.95. The molecule has 1 aliphatic carbocycles. The van der Waals surface area contributed by atoms with E-state index in [0.717, 1.165) is 31.5 Å². The smallest absolute Gasteiger partial charge is 0.252 e. The molecule has 120 valence electrons. The first kappa shape index (κ1) is 15.4. The molecule has 1 saturated heterocycles. The van der Waals surface area contributed by atoms with Crippen molar-refractivity contribution >= 4 is 5.91 Å². The van der Waals surface area contributed by atoms with Crippen LogP contribution in [0.25, 0.3) is 0 Å². The Morgan fingerprint density at radius 2 is 1.95 bits per heavy atom. The number of rotatable bonds is 3. The van der Waals surface area contributed by atoms with Crippen LogP contribution >= 0.6 is 0 Å². The van der Waals surface area contributed by atoms with Gasteiger partial charge >= 0.3 is 0 Å². The Hall–Kier alpha value is -1.49. The molecule has 0 atom stereocenters. The van der Waals surface area contributed by atoms with Crippen molar-refractivity contribution in [3.63, 3.8) is 0 Å². The Morgan fingerprint density at radius 3 is 2.59 bits per heavy atom. The molecule has 3 rings (SSSR count). The number of piperidine rings is 1. The molecule has 1 heterocycles. The van der Waals surface area contributed by atoms with Crippen LogP contribution in [0, 0.1) is 6.92 Å². The van der Waals surface area contributed by atoms with Crippen molar-refractivity contribution in [1.29, 1.82) is 0 Å². The van der Waals surface area contributed by atoms with Gasteiger partial charge in [0.1, 0.15) is 0 Å². The standard InChI is InChI=1S/C17H22F2N2O/c1-11-14(12-5-7-20-8-6-12)3-2-4-15(11)16(22)21-13-9-17(18,19)10-13/h2-4,12-13,20H,5-10H2,1H3,(H,21,22). The number of hydrogen-bond acceptors (Lipinski definition) is 2. The Labute approximate surface area is 129 Å². The molecule has 1 saturated carbocycles. The maximum atomic E-state index is 12.9. The molecule has 3 nitrogen and oxygen atoms in total. The largest absolute Gasteiger partial charge is 0.349 e. The lowest BCUT2D eigenvalue weighted by atomic mass is 9.85. The molecule has 0 spiro atoms. The highest BCUT2D eigenvalue weighted by Gasteiger charge is 2.46. The minimum Gasteiger partial charge on any atom is -0.349 e. The van der Waals surface area contributed by atoms with Crippen LogP contribution in [0.3, 0.4) is 0 Å². The zero-order valence-electron chi connectivity index (χ0n) is 12.8. The van der Waals surface area contributed by atoms with E-state index >= 15 is 0 Å². The predicted octanol–water partition coefficient (Wildman–Crippen LogP) is 2.99. The topological polar surface area (TPSA) is 41.1 Å². The molecule has 1 aromatic rings. The molecule has 1 aromatic carbocycles. The number of nitrogens with one attached hydrogen (secondary N) is 2. The van der Waals surface area contributed by atoms with Gasteiger partial charge in [0.15, 0.2) is 0 Å². The molecule has 2 aliphatic rings. The molecule has 0 bridgehead atoms. The second-order valence-corrected chi connectivity index (χ2v) is 6.48. The van der Waals surface area contributed by atoms with Gasteiger partial charge in [-0.15, -0.1) is 0 Å². The highest BCUT2D eigenvalue weighted by molar-refractivity contribution is 5.96. The van der Waals surface area contributed by atoms with Crippen LogP contribution < -0.4 is 10.6 Å². The highest BCUT2D eigenvalue weighted by atomic mass is 19.3. The van der Waals surface area contributed by atoms with E-state index in [1.165, 1.54) is 5.56 Å². The van der Waals surface area contributed by atoms with E-state index in [2.05, 4.69) is 16.7 Å². The summed E-state index contributed by atoms with van der Waals surface area (Å²) in [7, 11) is 0. The molecule has 1 amide bonds. The third-order valence-corrected chi connectivity index (χ3v) is 4.82. The zero-order valence-corrected chi connectivity index (χ0v) is 12.8. The average Bonchev–Trinajstić information content (AvgIpc) is 2.46. The Balaban J connectivity index is 1.72. The van der Waals surface area contributed by atoms with Crippen molar-refractivity contribution in [3.05, 3.63) is 34.9 Å². The zero-order chi connectivity index (χ0) is 15.7. The SMILES string of the molecule is Cc1c(C(=O)NC2CC(F)(F)C2)cccc1C1CCNCC1. The second kappa shape index (κ2) is 5.95. The molecule has 0 aromatic heterocycles. The number of benzene rings is 1. The van der Waals surface area contributed by atoms with Gasteiger partial charge in [-0.3, -0.25) is 4.79 Å². The Kier molecular flexibility index (Phi) is 4.17. The van der Waals surface area contributed by atoms with Gasteiger partial charge in [-0.1, -0.05) is 12.1 Å². The molecular weight excluding hydrogens is 286 g/mol. The summed E-state index contributed by atoms with van der Waals surface area (Å²) in [6.45, 7) is 3.96. The van der Waals surface area contributed by atoms with Gasteiger partial charge in [-0.2, -0.15) is 0 Å². The monoisotopic (exact) mass is 308 g/mol. The molecule has 1 aliphatic heterocycles. The number of amides is 1. The normalized spacial score (nSPS) is 22.1. The van der Waals surface area contributed by atoms with Crippen molar-refractivity contribution in [2.45, 2.75) is 50.5 Å². The van der Waals surface area contributed by atoms with Gasteiger partial charge in [0.25, 0.3) is 11.8 Å². The van der Waals surface area contributed by atoms with Crippen molar-refractivity contribution in [3.8, 4) is 0 Å². The van der Waals surface area contributed by atoms with Crippen LogP contribution in [0.4, 0.5) is 8.78 Å². The fraction of sp³-hybridized carbons (Fsp3) is 0.588. The number of carbonyl (C=O) groups excluding carboxylic acids is 1. The lowest BCUT2D eigenvalue weighted by molar-refractivity contribution is -0.0901. The summed E-state index contributed by atoms with van der Waals surface area (Å²) in [5.74, 6) is -2.36. The van der Waals surface area contributed by atoms with E-state index in [9.17, 15) is 13.6 Å². The van der Waals surface area contributed by atoms with E-state index in [-0.39, 0.29) is 18.7 Å². The van der Waals surface area contributed by atoms with E-state index in [1.807, 2.05) is 13.0 Å². The van der Waals surface area contributed by atoms with Gasteiger partial charge < -0.3 is 10.6 Å². The van der Waals surface area contributed by atoms with E-state index in [1.54, 1.807) is 6.07 Å². The van der Waals surface area contributed by atoms with Crippen LogP contribution in [0.15, 0.2) is 18.2 Å². The van der Waals surface area contributed by atoms with Crippen LogP contribution in [-0.4, -0.2) is 31.0 Å². The third-order valence-electron chi connectivity index (χ3n) is 4.82. The molecule has 0 unspecified atom stereocenters. The van der Waals surface area contributed by atoms with Gasteiger partial charge in [0.2, 0.25) is 0 Å². The van der Waals surface area contributed by atoms with Crippen LogP contribution in [-0.2, 0) is 0 Å². The fourth-order valence-corrected chi connectivity index (χ4v) is 3.50. The summed E-state index contributed by atoms with van der Waals surface area (Å²) < 4.78 is 25.7. The van der Waals surface area contributed by atoms with Crippen molar-refractivity contribution < 1.29 is 13.6 Å². The fourth-order valence-electron chi connectivity index (χ4n) is 3.50. The second-order valence-electron chi connectivity index (χ2n) is 6.48. The minimum absolute atomic E-state index is 0.228. The van der Waals surface area contributed by atoms with Crippen molar-refractivity contribution in [2.75, 3.05) is 13.1 Å². The highest BCUT2D eigenvalue weighted by Crippen LogP contribution is 2.37. The summed E-state index contributed by atoms with van der Waals surface area (Å²) >= 11 is 0. The van der Waals surface area contributed by atoms with E-state index in [4.69, 9.17) is 0 Å². The summed E-state index contributed by atoms with van der Waals surface area (Å²) in [6, 6.07) is 5.37. The first-order valence-corrected chi connectivity index (χ1v) is 7.95. The van der Waals surface area contributed by atoms with Crippen LogP contribution in [0.2, 0.25) is 0 Å². The lowest BCUT2D eigenvalue weighted by Crippen LogP contribution is -2.50. The van der Waals surface area contributed by atoms with Gasteiger partial charge in [0, 0.05) is 24.4 Å². The minimum atomic E-state index is -2.61. The van der Waals surface area contributed by atoms with E-state index < -0.39 is 12.0 Å². The lowest BCUT2D eigenvalue weighted by Gasteiger charge is -2.35. The van der Waals surface area contributed by atoms with Crippen molar-refractivity contribution in [2.24, 2.45) is 0 Å². The quantitative estimate of drug-likeness (QED) is 0.901. The number of hydrogen-bond donors (Lipinski definition) is 2. The summed E-state index contributed by atoms with van der Waals surface area (Å²) in [5.41, 5.74) is 2.82. The predicted molar refractivity (Wildman–Crippen MR) is 81.5 cm³/mol. The Morgan fingerprint density at radius 1 is 1.27 bits per heavy atom. The molecule has 0 radical (unpaired) electrons. The summed E-state index contributed by atoms with van der Waals surface area (Å²) in [6.07, 6.45) is 1.65. The molecular formula is C17H22F2N2O. The summed E-state index contributed by atoms with van der Waals surface area (Å²) in [4.78, 5) is 12.3. The molecule has 2 fully saturated rings. The molecule has 2 N–H and O–H groups in total. The van der Waals surface area contributed by atoms with Gasteiger partial charge in [0.05, 0.1) is 0 Å². The van der Waals surface area contributed by atoms with Crippen LogP contribution in [0.1, 0.15) is 53.1 Å². The first-order chi connectivity index (χ1) is 10.5. The average molecular weight is 308 g/mol. The van der Waals surface area contributed by atoms with E-state index in [0.29, 0.717) is 11.5 Å². The maximum absolute atomic E-state index is 12.9. The van der Waals surface area contributed by atoms with Crippen LogP contribution in [0.5, 0.6) is 0 Å². The number of halogens is 2. The Bertz CT molecular complexity index is 560. The van der Waals surface area contributed by atoms with Crippen molar-refractivity contribution in [1.82, 2.24) is 10.6 Å². The van der Waals surface area contributed by atoms with Gasteiger partial charge in [-0.05, 0) is 56.0 Å². The third kappa shape index (κ3) is 3.14. The summed E-state index contributed by atoms with van der Waals surface area (Å²) in [5, 5.41) is 6.07.